The highest BCUT2D eigenvalue weighted by atomic mass is 32.1. The van der Waals surface area contributed by atoms with E-state index < -0.39 is 54.3 Å². The number of nitrogens with one attached hydrogen (secondary N) is 2. The quantitative estimate of drug-likeness (QED) is 0.224. The fourth-order valence-electron chi connectivity index (χ4n) is 2.56. The first-order valence-electron chi connectivity index (χ1n) is 7.92. The standard InChI is InChI=1S/C14H23N5O6S/c15-7(4-10(16)20)12(23)18-8(6-26)14(25)19-3-1-2-9(19)13(24)17-5-11(21)22/h7-9,26H,1-6,15H2,(H2,16,20)(H,17,24)(H,18,23)(H,21,22). The second-order valence-electron chi connectivity index (χ2n) is 5.82. The largest absolute Gasteiger partial charge is 0.480 e. The summed E-state index contributed by atoms with van der Waals surface area (Å²) in [6, 6.07) is -3.06. The second kappa shape index (κ2) is 9.97. The molecule has 0 bridgehead atoms. The lowest BCUT2D eigenvalue weighted by atomic mass is 10.1. The highest BCUT2D eigenvalue weighted by Gasteiger charge is 2.37. The highest BCUT2D eigenvalue weighted by Crippen LogP contribution is 2.19. The summed E-state index contributed by atoms with van der Waals surface area (Å²) in [6.07, 6.45) is 0.570. The third-order valence-corrected chi connectivity index (χ3v) is 4.17. The summed E-state index contributed by atoms with van der Waals surface area (Å²) in [5.74, 6) is -3.84. The molecule has 1 aliphatic heterocycles. The van der Waals surface area contributed by atoms with Crippen molar-refractivity contribution in [1.82, 2.24) is 15.5 Å². The van der Waals surface area contributed by atoms with E-state index in [-0.39, 0.29) is 18.7 Å². The van der Waals surface area contributed by atoms with Crippen molar-refractivity contribution in [2.75, 3.05) is 18.8 Å². The Labute approximate surface area is 155 Å². The second-order valence-corrected chi connectivity index (χ2v) is 6.19. The zero-order valence-corrected chi connectivity index (χ0v) is 14.9. The fraction of sp³-hybridized carbons (Fsp3) is 0.643. The molecule has 1 fully saturated rings. The summed E-state index contributed by atoms with van der Waals surface area (Å²) in [4.78, 5) is 59.3. The molecule has 4 amide bonds. The van der Waals surface area contributed by atoms with Crippen molar-refractivity contribution in [2.45, 2.75) is 37.4 Å². The van der Waals surface area contributed by atoms with Gasteiger partial charge in [-0.05, 0) is 12.8 Å². The van der Waals surface area contributed by atoms with Gasteiger partial charge < -0.3 is 32.1 Å². The molecular weight excluding hydrogens is 366 g/mol. The van der Waals surface area contributed by atoms with Crippen LogP contribution in [0.3, 0.4) is 0 Å². The number of thiol groups is 1. The van der Waals surface area contributed by atoms with Gasteiger partial charge in [-0.25, -0.2) is 0 Å². The minimum Gasteiger partial charge on any atom is -0.480 e. The third-order valence-electron chi connectivity index (χ3n) is 3.81. The monoisotopic (exact) mass is 389 g/mol. The predicted molar refractivity (Wildman–Crippen MR) is 93.0 cm³/mol. The minimum atomic E-state index is -1.20. The molecule has 0 aromatic heterocycles. The Hall–Kier alpha value is -2.34. The van der Waals surface area contributed by atoms with E-state index >= 15 is 0 Å². The van der Waals surface area contributed by atoms with E-state index in [4.69, 9.17) is 16.6 Å². The van der Waals surface area contributed by atoms with E-state index in [1.807, 2.05) is 0 Å². The van der Waals surface area contributed by atoms with Gasteiger partial charge in [0, 0.05) is 12.3 Å². The topological polar surface area (TPSA) is 185 Å². The summed E-state index contributed by atoms with van der Waals surface area (Å²) in [7, 11) is 0. The van der Waals surface area contributed by atoms with Gasteiger partial charge in [-0.15, -0.1) is 0 Å². The van der Waals surface area contributed by atoms with Crippen LogP contribution in [0, 0.1) is 0 Å². The van der Waals surface area contributed by atoms with Crippen molar-refractivity contribution >= 4 is 42.2 Å². The number of nitrogens with zero attached hydrogens (tertiary/aromatic N) is 1. The number of hydrogen-bond donors (Lipinski definition) is 6. The Kier molecular flexibility index (Phi) is 8.32. The molecule has 3 unspecified atom stereocenters. The SMILES string of the molecule is NC(=O)CC(N)C(=O)NC(CS)C(=O)N1CCCC1C(=O)NCC(=O)O. The lowest BCUT2D eigenvalue weighted by molar-refractivity contribution is -0.142. The lowest BCUT2D eigenvalue weighted by Gasteiger charge is -2.28. The number of carbonyl (C=O) groups excluding carboxylic acids is 4. The van der Waals surface area contributed by atoms with Crippen molar-refractivity contribution in [3.8, 4) is 0 Å². The van der Waals surface area contributed by atoms with Crippen LogP contribution in [0.5, 0.6) is 0 Å². The van der Waals surface area contributed by atoms with Crippen molar-refractivity contribution in [2.24, 2.45) is 11.5 Å². The summed E-state index contributed by atoms with van der Waals surface area (Å²) in [5.41, 5.74) is 10.5. The molecule has 0 spiro atoms. The highest BCUT2D eigenvalue weighted by molar-refractivity contribution is 7.80. The molecule has 1 saturated heterocycles. The average molecular weight is 389 g/mol. The number of carboxylic acids is 1. The molecular formula is C14H23N5O6S. The molecule has 3 atom stereocenters. The van der Waals surface area contributed by atoms with Crippen LogP contribution in [0.1, 0.15) is 19.3 Å². The number of hydrogen-bond acceptors (Lipinski definition) is 7. The first-order valence-corrected chi connectivity index (χ1v) is 8.55. The van der Waals surface area contributed by atoms with Gasteiger partial charge in [0.2, 0.25) is 23.6 Å². The van der Waals surface area contributed by atoms with Gasteiger partial charge in [0.05, 0.1) is 12.5 Å². The molecule has 7 N–H and O–H groups in total. The molecule has 1 aliphatic rings. The predicted octanol–water partition coefficient (Wildman–Crippen LogP) is -3.20. The number of aliphatic carboxylic acids is 1. The van der Waals surface area contributed by atoms with Crippen LogP contribution in [0.2, 0.25) is 0 Å². The van der Waals surface area contributed by atoms with E-state index in [1.54, 1.807) is 0 Å². The first kappa shape index (κ1) is 21.7. The number of likely N-dealkylation sites (tertiary alicyclic amines) is 1. The van der Waals surface area contributed by atoms with Gasteiger partial charge in [0.1, 0.15) is 18.6 Å². The number of primary amides is 1. The number of rotatable bonds is 9. The Balaban J connectivity index is 2.73. The maximum atomic E-state index is 12.6. The normalized spacial score (nSPS) is 18.7. The van der Waals surface area contributed by atoms with Gasteiger partial charge in [-0.2, -0.15) is 12.6 Å². The van der Waals surface area contributed by atoms with Gasteiger partial charge in [0.15, 0.2) is 0 Å². The minimum absolute atomic E-state index is 0.0478. The molecule has 1 heterocycles. The Morgan fingerprint density at radius 1 is 1.27 bits per heavy atom. The van der Waals surface area contributed by atoms with Gasteiger partial charge in [-0.1, -0.05) is 0 Å². The zero-order valence-electron chi connectivity index (χ0n) is 14.0. The van der Waals surface area contributed by atoms with E-state index in [0.717, 1.165) is 0 Å². The van der Waals surface area contributed by atoms with E-state index in [9.17, 15) is 24.0 Å². The Bertz CT molecular complexity index is 586. The summed E-state index contributed by atoms with van der Waals surface area (Å²) >= 11 is 4.04. The van der Waals surface area contributed by atoms with E-state index in [2.05, 4.69) is 23.3 Å². The molecule has 146 valence electrons. The van der Waals surface area contributed by atoms with Crippen molar-refractivity contribution in [1.29, 1.82) is 0 Å². The summed E-state index contributed by atoms with van der Waals surface area (Å²) < 4.78 is 0. The Morgan fingerprint density at radius 2 is 1.92 bits per heavy atom. The fourth-order valence-corrected chi connectivity index (χ4v) is 2.80. The molecule has 11 nitrogen and oxygen atoms in total. The van der Waals surface area contributed by atoms with E-state index in [0.29, 0.717) is 12.8 Å². The lowest BCUT2D eigenvalue weighted by Crippen LogP contribution is -2.56. The van der Waals surface area contributed by atoms with Crippen LogP contribution in [0.25, 0.3) is 0 Å². The smallest absolute Gasteiger partial charge is 0.322 e. The molecule has 0 saturated carbocycles. The number of nitrogens with two attached hydrogens (primary N) is 2. The average Bonchev–Trinajstić information content (AvgIpc) is 3.05. The third kappa shape index (κ3) is 6.19. The van der Waals surface area contributed by atoms with Crippen molar-refractivity contribution in [3.63, 3.8) is 0 Å². The van der Waals surface area contributed by atoms with Crippen LogP contribution in [0.4, 0.5) is 0 Å². The number of carboxylic acid groups (broad SMARTS) is 1. The molecule has 0 aromatic rings. The molecule has 0 aliphatic carbocycles. The van der Waals surface area contributed by atoms with Crippen molar-refractivity contribution < 1.29 is 29.1 Å². The number of amides is 4. The number of carbonyl (C=O) groups is 5. The Morgan fingerprint density at radius 3 is 2.46 bits per heavy atom. The van der Waals surface area contributed by atoms with Gasteiger partial charge in [-0.3, -0.25) is 24.0 Å². The van der Waals surface area contributed by atoms with Crippen LogP contribution in [0.15, 0.2) is 0 Å². The van der Waals surface area contributed by atoms with Crippen LogP contribution < -0.4 is 22.1 Å². The maximum absolute atomic E-state index is 12.6. The van der Waals surface area contributed by atoms with Crippen LogP contribution in [-0.4, -0.2) is 76.6 Å². The maximum Gasteiger partial charge on any atom is 0.322 e. The molecule has 12 heteroatoms. The van der Waals surface area contributed by atoms with Crippen LogP contribution >= 0.6 is 12.6 Å². The molecule has 26 heavy (non-hydrogen) atoms. The molecule has 0 radical (unpaired) electrons. The van der Waals surface area contributed by atoms with Gasteiger partial charge >= 0.3 is 5.97 Å². The molecule has 0 aromatic carbocycles. The molecule has 1 rings (SSSR count). The van der Waals surface area contributed by atoms with E-state index in [1.165, 1.54) is 4.90 Å². The van der Waals surface area contributed by atoms with Gasteiger partial charge in [0.25, 0.3) is 0 Å². The van der Waals surface area contributed by atoms with Crippen LogP contribution in [-0.2, 0) is 24.0 Å². The van der Waals surface area contributed by atoms with Crippen molar-refractivity contribution in [3.05, 3.63) is 0 Å². The summed E-state index contributed by atoms with van der Waals surface area (Å²) in [6.45, 7) is -0.260. The zero-order chi connectivity index (χ0) is 19.9. The first-order chi connectivity index (χ1) is 12.2. The summed E-state index contributed by atoms with van der Waals surface area (Å²) in [5, 5.41) is 13.3.